The van der Waals surface area contributed by atoms with Crippen LogP contribution in [0.1, 0.15) is 12.5 Å². The first kappa shape index (κ1) is 20.3. The molecule has 3 aromatic rings. The molecule has 0 saturated heterocycles. The van der Waals surface area contributed by atoms with Gasteiger partial charge in [-0.25, -0.2) is 4.68 Å². The second-order valence-electron chi connectivity index (χ2n) is 6.34. The van der Waals surface area contributed by atoms with Crippen molar-refractivity contribution >= 4 is 29.1 Å². The van der Waals surface area contributed by atoms with Crippen LogP contribution < -0.4 is 16.2 Å². The van der Waals surface area contributed by atoms with Crippen LogP contribution in [0.5, 0.6) is 0 Å². The number of rotatable bonds is 6. The van der Waals surface area contributed by atoms with E-state index in [-0.39, 0.29) is 30.5 Å². The lowest BCUT2D eigenvalue weighted by Crippen LogP contribution is -2.33. The second kappa shape index (κ2) is 9.16. The lowest BCUT2D eigenvalue weighted by atomic mass is 10.1. The summed E-state index contributed by atoms with van der Waals surface area (Å²) in [5, 5.41) is 10.3. The number of aromatic nitrogens is 2. The molecule has 0 aliphatic rings. The van der Waals surface area contributed by atoms with Crippen molar-refractivity contribution in [1.29, 1.82) is 0 Å². The molecule has 2 aromatic carbocycles. The summed E-state index contributed by atoms with van der Waals surface area (Å²) in [7, 11) is 0. The standard InChI is InChI=1S/C21H19ClN4O3/c1-14(27)24-17-8-6-15(7-9-17)19-10-11-21(29)26(25-19)13-20(28)23-12-16-4-2-3-5-18(16)22/h2-11H,12-13H2,1H3,(H,23,28)(H,24,27). The molecule has 0 aliphatic carbocycles. The molecule has 0 atom stereocenters. The van der Waals surface area contributed by atoms with Crippen LogP contribution in [0.15, 0.2) is 65.5 Å². The molecule has 0 radical (unpaired) electrons. The Labute approximate surface area is 172 Å². The van der Waals surface area contributed by atoms with E-state index in [9.17, 15) is 14.4 Å². The van der Waals surface area contributed by atoms with Crippen LogP contribution in [0.3, 0.4) is 0 Å². The highest BCUT2D eigenvalue weighted by Gasteiger charge is 2.09. The number of anilines is 1. The summed E-state index contributed by atoms with van der Waals surface area (Å²) in [6, 6.07) is 17.2. The van der Waals surface area contributed by atoms with Crippen molar-refractivity contribution in [3.8, 4) is 11.3 Å². The molecule has 0 aliphatic heterocycles. The molecule has 0 spiro atoms. The lowest BCUT2D eigenvalue weighted by Gasteiger charge is -2.09. The fourth-order valence-electron chi connectivity index (χ4n) is 2.67. The maximum Gasteiger partial charge on any atom is 0.267 e. The first-order chi connectivity index (χ1) is 13.9. The highest BCUT2D eigenvalue weighted by atomic mass is 35.5. The van der Waals surface area contributed by atoms with E-state index in [0.717, 1.165) is 15.8 Å². The Balaban J connectivity index is 1.70. The van der Waals surface area contributed by atoms with Gasteiger partial charge in [0, 0.05) is 35.8 Å². The van der Waals surface area contributed by atoms with Gasteiger partial charge in [0.25, 0.3) is 5.56 Å². The van der Waals surface area contributed by atoms with E-state index >= 15 is 0 Å². The van der Waals surface area contributed by atoms with Crippen molar-refractivity contribution in [2.45, 2.75) is 20.0 Å². The van der Waals surface area contributed by atoms with Crippen molar-refractivity contribution in [2.75, 3.05) is 5.32 Å². The molecule has 29 heavy (non-hydrogen) atoms. The Bertz CT molecular complexity index is 1090. The van der Waals surface area contributed by atoms with E-state index in [1.807, 2.05) is 18.2 Å². The highest BCUT2D eigenvalue weighted by Crippen LogP contribution is 2.18. The zero-order valence-corrected chi connectivity index (χ0v) is 16.4. The molecule has 0 fully saturated rings. The van der Waals surface area contributed by atoms with Gasteiger partial charge in [-0.05, 0) is 29.8 Å². The molecule has 2 N–H and O–H groups in total. The summed E-state index contributed by atoms with van der Waals surface area (Å²) < 4.78 is 1.11. The summed E-state index contributed by atoms with van der Waals surface area (Å²) in [5.74, 6) is -0.509. The van der Waals surface area contributed by atoms with Crippen molar-refractivity contribution < 1.29 is 9.59 Å². The number of halogens is 1. The van der Waals surface area contributed by atoms with Gasteiger partial charge in [-0.1, -0.05) is 41.9 Å². The van der Waals surface area contributed by atoms with Crippen molar-refractivity contribution in [3.05, 3.63) is 81.6 Å². The molecule has 3 rings (SSSR count). The molecule has 1 heterocycles. The number of hydrogen-bond acceptors (Lipinski definition) is 4. The predicted molar refractivity (Wildman–Crippen MR) is 112 cm³/mol. The molecule has 0 bridgehead atoms. The lowest BCUT2D eigenvalue weighted by molar-refractivity contribution is -0.122. The highest BCUT2D eigenvalue weighted by molar-refractivity contribution is 6.31. The monoisotopic (exact) mass is 410 g/mol. The Kier molecular flexibility index (Phi) is 6.41. The maximum atomic E-state index is 12.3. The Morgan fingerprint density at radius 3 is 2.45 bits per heavy atom. The van der Waals surface area contributed by atoms with E-state index in [4.69, 9.17) is 11.6 Å². The molecular weight excluding hydrogens is 392 g/mol. The smallest absolute Gasteiger partial charge is 0.267 e. The average molecular weight is 411 g/mol. The van der Waals surface area contributed by atoms with E-state index in [2.05, 4.69) is 15.7 Å². The fraction of sp³-hybridized carbons (Fsp3) is 0.143. The normalized spacial score (nSPS) is 10.4. The van der Waals surface area contributed by atoms with E-state index in [1.165, 1.54) is 13.0 Å². The summed E-state index contributed by atoms with van der Waals surface area (Å²) in [5.41, 5.74) is 2.36. The van der Waals surface area contributed by atoms with Gasteiger partial charge in [-0.3, -0.25) is 14.4 Å². The quantitative estimate of drug-likeness (QED) is 0.653. The third-order valence-electron chi connectivity index (χ3n) is 4.09. The molecular formula is C21H19ClN4O3. The van der Waals surface area contributed by atoms with E-state index in [1.54, 1.807) is 36.4 Å². The van der Waals surface area contributed by atoms with Gasteiger partial charge >= 0.3 is 0 Å². The van der Waals surface area contributed by atoms with Crippen LogP contribution >= 0.6 is 11.6 Å². The third-order valence-corrected chi connectivity index (χ3v) is 4.46. The summed E-state index contributed by atoms with van der Waals surface area (Å²) in [6.45, 7) is 1.49. The number of nitrogens with one attached hydrogen (secondary N) is 2. The van der Waals surface area contributed by atoms with Crippen LogP contribution in [-0.2, 0) is 22.7 Å². The Morgan fingerprint density at radius 1 is 1.03 bits per heavy atom. The van der Waals surface area contributed by atoms with Crippen LogP contribution in [0, 0.1) is 0 Å². The van der Waals surface area contributed by atoms with Gasteiger partial charge in [0.15, 0.2) is 0 Å². The van der Waals surface area contributed by atoms with Gasteiger partial charge in [0.2, 0.25) is 11.8 Å². The molecule has 0 unspecified atom stereocenters. The number of carbonyl (C=O) groups excluding carboxylic acids is 2. The molecule has 8 heteroatoms. The van der Waals surface area contributed by atoms with Crippen LogP contribution in [0.4, 0.5) is 5.69 Å². The zero-order chi connectivity index (χ0) is 20.8. The van der Waals surface area contributed by atoms with E-state index in [0.29, 0.717) is 16.4 Å². The van der Waals surface area contributed by atoms with Gasteiger partial charge in [0.05, 0.1) is 5.69 Å². The fourth-order valence-corrected chi connectivity index (χ4v) is 2.87. The Morgan fingerprint density at radius 2 is 1.76 bits per heavy atom. The van der Waals surface area contributed by atoms with Gasteiger partial charge < -0.3 is 10.6 Å². The first-order valence-electron chi connectivity index (χ1n) is 8.88. The first-order valence-corrected chi connectivity index (χ1v) is 9.26. The van der Waals surface area contributed by atoms with E-state index < -0.39 is 0 Å². The van der Waals surface area contributed by atoms with Crippen LogP contribution in [-0.4, -0.2) is 21.6 Å². The minimum atomic E-state index is -0.378. The van der Waals surface area contributed by atoms with Crippen molar-refractivity contribution in [3.63, 3.8) is 0 Å². The van der Waals surface area contributed by atoms with Gasteiger partial charge in [-0.2, -0.15) is 5.10 Å². The average Bonchev–Trinajstić information content (AvgIpc) is 2.69. The number of carbonyl (C=O) groups is 2. The number of hydrogen-bond donors (Lipinski definition) is 2. The SMILES string of the molecule is CC(=O)Nc1ccc(-c2ccc(=O)n(CC(=O)NCc3ccccc3Cl)n2)cc1. The van der Waals surface area contributed by atoms with Crippen LogP contribution in [0.2, 0.25) is 5.02 Å². The molecule has 148 valence electrons. The maximum absolute atomic E-state index is 12.3. The largest absolute Gasteiger partial charge is 0.350 e. The van der Waals surface area contributed by atoms with Crippen molar-refractivity contribution in [1.82, 2.24) is 15.1 Å². The number of amides is 2. The Hall–Kier alpha value is -3.45. The summed E-state index contributed by atoms with van der Waals surface area (Å²) in [6.07, 6.45) is 0. The summed E-state index contributed by atoms with van der Waals surface area (Å²) in [4.78, 5) is 35.5. The second-order valence-corrected chi connectivity index (χ2v) is 6.75. The van der Waals surface area contributed by atoms with Crippen molar-refractivity contribution in [2.24, 2.45) is 0 Å². The zero-order valence-electron chi connectivity index (χ0n) is 15.7. The number of nitrogens with zero attached hydrogens (tertiary/aromatic N) is 2. The predicted octanol–water partition coefficient (Wildman–Crippen LogP) is 2.84. The topological polar surface area (TPSA) is 93.1 Å². The molecule has 1 aromatic heterocycles. The molecule has 2 amide bonds. The van der Waals surface area contributed by atoms with Gasteiger partial charge in [0.1, 0.15) is 6.54 Å². The minimum Gasteiger partial charge on any atom is -0.350 e. The summed E-state index contributed by atoms with van der Waals surface area (Å²) >= 11 is 6.08. The van der Waals surface area contributed by atoms with Crippen LogP contribution in [0.25, 0.3) is 11.3 Å². The number of benzene rings is 2. The minimum absolute atomic E-state index is 0.160. The molecule has 0 saturated carbocycles. The molecule has 7 nitrogen and oxygen atoms in total. The third kappa shape index (κ3) is 5.52. The van der Waals surface area contributed by atoms with Gasteiger partial charge in [-0.15, -0.1) is 0 Å².